The molecular formula is C18H17N5O. The molecule has 1 aromatic heterocycles. The first-order chi connectivity index (χ1) is 11.7. The van der Waals surface area contributed by atoms with Crippen molar-refractivity contribution < 1.29 is 4.79 Å². The van der Waals surface area contributed by atoms with Crippen LogP contribution in [-0.2, 0) is 4.79 Å². The van der Waals surface area contributed by atoms with E-state index in [1.807, 2.05) is 42.7 Å². The number of pyridine rings is 1. The second-order valence-electron chi connectivity index (χ2n) is 4.82. The zero-order chi connectivity index (χ0) is 17.4. The van der Waals surface area contributed by atoms with Gasteiger partial charge in [-0.05, 0) is 42.3 Å². The fourth-order valence-electron chi connectivity index (χ4n) is 2.07. The first-order valence-corrected chi connectivity index (χ1v) is 7.24. The van der Waals surface area contributed by atoms with E-state index < -0.39 is 0 Å². The van der Waals surface area contributed by atoms with Crippen molar-refractivity contribution in [2.45, 2.75) is 6.92 Å². The number of nitrogens with one attached hydrogen (secondary N) is 2. The summed E-state index contributed by atoms with van der Waals surface area (Å²) >= 11 is 0. The van der Waals surface area contributed by atoms with E-state index in [0.717, 1.165) is 16.8 Å². The molecule has 2 aromatic rings. The molecule has 0 aliphatic carbocycles. The smallest absolute Gasteiger partial charge is 0.257 e. The van der Waals surface area contributed by atoms with Gasteiger partial charge in [0.2, 0.25) is 0 Å². The van der Waals surface area contributed by atoms with E-state index in [2.05, 4.69) is 16.4 Å². The summed E-state index contributed by atoms with van der Waals surface area (Å²) in [5.41, 5.74) is 5.93. The first-order valence-electron chi connectivity index (χ1n) is 7.24. The van der Waals surface area contributed by atoms with Gasteiger partial charge in [0.1, 0.15) is 6.07 Å². The first kappa shape index (κ1) is 16.9. The van der Waals surface area contributed by atoms with Crippen LogP contribution >= 0.6 is 0 Å². The second-order valence-corrected chi connectivity index (χ2v) is 4.82. The third-order valence-electron chi connectivity index (χ3n) is 3.31. The van der Waals surface area contributed by atoms with Gasteiger partial charge in [0.25, 0.3) is 5.91 Å². The van der Waals surface area contributed by atoms with E-state index in [-0.39, 0.29) is 5.91 Å². The number of carbonyl (C=O) groups excluding carboxylic acids is 1. The molecule has 0 bridgehead atoms. The summed E-state index contributed by atoms with van der Waals surface area (Å²) in [6, 6.07) is 11.5. The van der Waals surface area contributed by atoms with Crippen molar-refractivity contribution in [3.05, 3.63) is 72.1 Å². The van der Waals surface area contributed by atoms with Crippen LogP contribution in [0.2, 0.25) is 0 Å². The lowest BCUT2D eigenvalue weighted by molar-refractivity contribution is -0.116. The van der Waals surface area contributed by atoms with Crippen molar-refractivity contribution in [3.63, 3.8) is 0 Å². The standard InChI is InChI=1S/C18H17N5O/c1-2-13(5-8-18(24)23-20)14-3-6-16(7-4-14)22-17-9-10-21-12-15(17)11-19/h2-10,12H,20H2,1H3,(H,21,22)(H,23,24)/b8-5-,13-2-. The monoisotopic (exact) mass is 319 g/mol. The Bertz CT molecular complexity index is 816. The topological polar surface area (TPSA) is 104 Å². The van der Waals surface area contributed by atoms with Crippen LogP contribution in [0.5, 0.6) is 0 Å². The summed E-state index contributed by atoms with van der Waals surface area (Å²) in [4.78, 5) is 15.1. The minimum atomic E-state index is -0.366. The van der Waals surface area contributed by atoms with Crippen LogP contribution in [0, 0.1) is 11.3 Å². The average Bonchev–Trinajstić information content (AvgIpc) is 2.63. The molecule has 0 unspecified atom stereocenters. The molecule has 6 nitrogen and oxygen atoms in total. The third-order valence-corrected chi connectivity index (χ3v) is 3.31. The highest BCUT2D eigenvalue weighted by molar-refractivity contribution is 5.90. The van der Waals surface area contributed by atoms with Crippen molar-refractivity contribution in [2.75, 3.05) is 5.32 Å². The highest BCUT2D eigenvalue weighted by Crippen LogP contribution is 2.22. The number of rotatable bonds is 5. The molecule has 0 saturated heterocycles. The molecule has 0 saturated carbocycles. The van der Waals surface area contributed by atoms with Crippen LogP contribution in [0.3, 0.4) is 0 Å². The summed E-state index contributed by atoms with van der Waals surface area (Å²) in [5.74, 6) is 4.68. The maximum absolute atomic E-state index is 11.2. The predicted octanol–water partition coefficient (Wildman–Crippen LogP) is 2.65. The highest BCUT2D eigenvalue weighted by Gasteiger charge is 2.03. The molecule has 4 N–H and O–H groups in total. The van der Waals surface area contributed by atoms with E-state index >= 15 is 0 Å². The normalized spacial score (nSPS) is 11.1. The van der Waals surface area contributed by atoms with E-state index in [1.165, 1.54) is 12.3 Å². The van der Waals surface area contributed by atoms with E-state index in [4.69, 9.17) is 11.1 Å². The van der Waals surface area contributed by atoms with Crippen LogP contribution in [0.15, 0.2) is 61.0 Å². The van der Waals surface area contributed by atoms with Crippen molar-refractivity contribution >= 4 is 22.9 Å². The molecule has 2 rings (SSSR count). The van der Waals surface area contributed by atoms with Gasteiger partial charge in [-0.15, -0.1) is 0 Å². The van der Waals surface area contributed by atoms with E-state index in [1.54, 1.807) is 18.3 Å². The number of nitriles is 1. The number of allylic oxidation sites excluding steroid dienone is 3. The SMILES string of the molecule is C/C=C(/C=C\C(=O)NN)c1ccc(Nc2ccncc2C#N)cc1. The summed E-state index contributed by atoms with van der Waals surface area (Å²) in [6.45, 7) is 1.89. The van der Waals surface area contributed by atoms with Crippen LogP contribution < -0.4 is 16.6 Å². The Balaban J connectivity index is 2.17. The quantitative estimate of drug-likeness (QED) is 0.258. The third kappa shape index (κ3) is 4.29. The summed E-state index contributed by atoms with van der Waals surface area (Å²) in [7, 11) is 0. The number of hydrogen-bond donors (Lipinski definition) is 3. The number of anilines is 2. The molecule has 0 radical (unpaired) electrons. The Morgan fingerprint density at radius 1 is 1.25 bits per heavy atom. The average molecular weight is 319 g/mol. The van der Waals surface area contributed by atoms with Gasteiger partial charge in [0.15, 0.2) is 0 Å². The van der Waals surface area contributed by atoms with Crippen molar-refractivity contribution in [3.8, 4) is 6.07 Å². The number of nitrogens with two attached hydrogens (primary N) is 1. The Morgan fingerprint density at radius 3 is 2.62 bits per heavy atom. The minimum absolute atomic E-state index is 0.366. The van der Waals surface area contributed by atoms with Gasteiger partial charge >= 0.3 is 0 Å². The largest absolute Gasteiger partial charge is 0.354 e. The second kappa shape index (κ2) is 8.27. The lowest BCUT2D eigenvalue weighted by Crippen LogP contribution is -2.27. The Kier molecular flexibility index (Phi) is 5.83. The number of hydrazine groups is 1. The number of nitrogens with zero attached hydrogens (tertiary/aromatic N) is 2. The lowest BCUT2D eigenvalue weighted by Gasteiger charge is -2.09. The number of carbonyl (C=O) groups is 1. The molecule has 120 valence electrons. The van der Waals surface area contributed by atoms with E-state index in [9.17, 15) is 4.79 Å². The number of hydrogen-bond acceptors (Lipinski definition) is 5. The van der Waals surface area contributed by atoms with Crippen molar-refractivity contribution in [1.82, 2.24) is 10.4 Å². The van der Waals surface area contributed by atoms with Gasteiger partial charge < -0.3 is 5.32 Å². The van der Waals surface area contributed by atoms with Crippen LogP contribution in [0.25, 0.3) is 5.57 Å². The Labute approximate surface area is 140 Å². The van der Waals surface area contributed by atoms with Crippen LogP contribution in [0.4, 0.5) is 11.4 Å². The molecule has 1 heterocycles. The van der Waals surface area contributed by atoms with E-state index in [0.29, 0.717) is 11.3 Å². The minimum Gasteiger partial charge on any atom is -0.354 e. The van der Waals surface area contributed by atoms with Crippen LogP contribution in [-0.4, -0.2) is 10.9 Å². The molecule has 0 spiro atoms. The summed E-state index contributed by atoms with van der Waals surface area (Å²) < 4.78 is 0. The van der Waals surface area contributed by atoms with Gasteiger partial charge in [0, 0.05) is 24.2 Å². The fraction of sp³-hybridized carbons (Fsp3) is 0.0556. The Morgan fingerprint density at radius 2 is 2.00 bits per heavy atom. The molecule has 1 amide bonds. The number of amides is 1. The zero-order valence-electron chi connectivity index (χ0n) is 13.2. The summed E-state index contributed by atoms with van der Waals surface area (Å²) in [5, 5.41) is 12.3. The molecule has 0 fully saturated rings. The van der Waals surface area contributed by atoms with Crippen LogP contribution in [0.1, 0.15) is 18.1 Å². The molecule has 1 aromatic carbocycles. The maximum Gasteiger partial charge on any atom is 0.257 e. The number of benzene rings is 1. The molecule has 0 aliphatic rings. The maximum atomic E-state index is 11.2. The van der Waals surface area contributed by atoms with Gasteiger partial charge in [-0.1, -0.05) is 18.2 Å². The van der Waals surface area contributed by atoms with Gasteiger partial charge in [-0.3, -0.25) is 15.2 Å². The number of aromatic nitrogens is 1. The summed E-state index contributed by atoms with van der Waals surface area (Å²) in [6.07, 6.45) is 8.11. The Hall–Kier alpha value is -3.43. The molecule has 24 heavy (non-hydrogen) atoms. The lowest BCUT2D eigenvalue weighted by atomic mass is 10.0. The predicted molar refractivity (Wildman–Crippen MR) is 93.8 cm³/mol. The van der Waals surface area contributed by atoms with Gasteiger partial charge in [-0.25, -0.2) is 5.84 Å². The van der Waals surface area contributed by atoms with Gasteiger partial charge in [-0.2, -0.15) is 5.26 Å². The zero-order valence-corrected chi connectivity index (χ0v) is 13.2. The molecule has 0 aliphatic heterocycles. The molecule has 6 heteroatoms. The van der Waals surface area contributed by atoms with Gasteiger partial charge in [0.05, 0.1) is 11.3 Å². The highest BCUT2D eigenvalue weighted by atomic mass is 16.2. The van der Waals surface area contributed by atoms with Crippen molar-refractivity contribution in [2.24, 2.45) is 5.84 Å². The van der Waals surface area contributed by atoms with Crippen molar-refractivity contribution in [1.29, 1.82) is 5.26 Å². The molecular weight excluding hydrogens is 302 g/mol. The molecule has 0 atom stereocenters. The fourth-order valence-corrected chi connectivity index (χ4v) is 2.07.